The molecule has 22 heavy (non-hydrogen) atoms. The van der Waals surface area contributed by atoms with E-state index in [1.807, 2.05) is 35.7 Å². The molecule has 0 spiro atoms. The molecule has 1 amide bonds. The number of carbonyl (C=O) groups is 2. The monoisotopic (exact) mass is 315 g/mol. The number of ketones is 1. The Balaban J connectivity index is 1.55. The molecule has 1 aromatic carbocycles. The summed E-state index contributed by atoms with van der Waals surface area (Å²) in [7, 11) is 0. The van der Waals surface area contributed by atoms with E-state index in [1.54, 1.807) is 6.07 Å². The highest BCUT2D eigenvalue weighted by atomic mass is 32.1. The number of hydrogen-bond acceptors (Lipinski definition) is 4. The Hall–Kier alpha value is -2.14. The molecule has 3 rings (SSSR count). The van der Waals surface area contributed by atoms with Crippen molar-refractivity contribution in [3.63, 3.8) is 0 Å². The van der Waals surface area contributed by atoms with Crippen molar-refractivity contribution in [2.24, 2.45) is 0 Å². The summed E-state index contributed by atoms with van der Waals surface area (Å²) in [4.78, 5) is 24.7. The van der Waals surface area contributed by atoms with Crippen LogP contribution in [-0.2, 0) is 4.79 Å². The molecule has 114 valence electrons. The van der Waals surface area contributed by atoms with Crippen molar-refractivity contribution in [1.82, 2.24) is 5.32 Å². The number of thiophene rings is 1. The van der Waals surface area contributed by atoms with E-state index in [-0.39, 0.29) is 30.6 Å². The summed E-state index contributed by atoms with van der Waals surface area (Å²) in [5.74, 6) is 0.762. The fourth-order valence-corrected chi connectivity index (χ4v) is 3.24. The number of ether oxygens (including phenoxy) is 1. The standard InChI is InChI=1S/C17H17NO3S/c19-14(16-6-3-11-22-16)7-8-17(20)18-13-9-10-21-15-5-2-1-4-12(13)15/h1-6,11,13H,7-10H2,(H,18,20)/t13-/m0/s1. The summed E-state index contributed by atoms with van der Waals surface area (Å²) in [5, 5.41) is 4.88. The zero-order valence-corrected chi connectivity index (χ0v) is 12.9. The molecule has 2 heterocycles. The van der Waals surface area contributed by atoms with E-state index in [9.17, 15) is 9.59 Å². The van der Waals surface area contributed by atoms with Crippen molar-refractivity contribution < 1.29 is 14.3 Å². The molecule has 0 radical (unpaired) electrons. The summed E-state index contributed by atoms with van der Waals surface area (Å²) < 4.78 is 5.58. The van der Waals surface area contributed by atoms with Gasteiger partial charge < -0.3 is 10.1 Å². The van der Waals surface area contributed by atoms with Gasteiger partial charge in [-0.3, -0.25) is 9.59 Å². The average molecular weight is 315 g/mol. The third-order valence-electron chi connectivity index (χ3n) is 3.67. The molecule has 0 saturated heterocycles. The second-order valence-corrected chi connectivity index (χ2v) is 6.14. The molecular formula is C17H17NO3S. The number of Topliss-reactive ketones (excluding diaryl/α,β-unsaturated/α-hetero) is 1. The van der Waals surface area contributed by atoms with Crippen molar-refractivity contribution in [3.05, 3.63) is 52.2 Å². The molecule has 1 aromatic heterocycles. The maximum absolute atomic E-state index is 12.1. The first kappa shape index (κ1) is 14.8. The largest absolute Gasteiger partial charge is 0.493 e. The van der Waals surface area contributed by atoms with Crippen LogP contribution < -0.4 is 10.1 Å². The SMILES string of the molecule is O=C(CCC(=O)c1cccs1)N[C@H]1CCOc2ccccc21. The number of benzene rings is 1. The molecule has 0 fully saturated rings. The summed E-state index contributed by atoms with van der Waals surface area (Å²) in [6.45, 7) is 0.593. The summed E-state index contributed by atoms with van der Waals surface area (Å²) in [5.41, 5.74) is 1.01. The molecule has 0 saturated carbocycles. The molecule has 1 aliphatic rings. The van der Waals surface area contributed by atoms with Gasteiger partial charge in [-0.05, 0) is 17.5 Å². The molecule has 0 bridgehead atoms. The maximum atomic E-state index is 12.1. The van der Waals surface area contributed by atoms with Crippen LogP contribution >= 0.6 is 11.3 Å². The first-order valence-corrected chi connectivity index (χ1v) is 8.20. The van der Waals surface area contributed by atoms with Crippen LogP contribution in [0, 0.1) is 0 Å². The van der Waals surface area contributed by atoms with Gasteiger partial charge in [-0.2, -0.15) is 0 Å². The molecule has 0 unspecified atom stereocenters. The fraction of sp³-hybridized carbons (Fsp3) is 0.294. The van der Waals surface area contributed by atoms with E-state index in [0.29, 0.717) is 11.5 Å². The number of amides is 1. The van der Waals surface area contributed by atoms with Crippen LogP contribution in [-0.4, -0.2) is 18.3 Å². The Kier molecular flexibility index (Phi) is 4.53. The number of rotatable bonds is 5. The number of fused-ring (bicyclic) bond motifs is 1. The Morgan fingerprint density at radius 1 is 1.18 bits per heavy atom. The van der Waals surface area contributed by atoms with Gasteiger partial charge in [0.15, 0.2) is 5.78 Å². The van der Waals surface area contributed by atoms with E-state index >= 15 is 0 Å². The van der Waals surface area contributed by atoms with Gasteiger partial charge in [0.25, 0.3) is 0 Å². The second kappa shape index (κ2) is 6.75. The van der Waals surface area contributed by atoms with Gasteiger partial charge in [0.05, 0.1) is 17.5 Å². The van der Waals surface area contributed by atoms with Gasteiger partial charge in [-0.15, -0.1) is 11.3 Å². The molecular weight excluding hydrogens is 298 g/mol. The minimum absolute atomic E-state index is 0.0255. The molecule has 0 aliphatic carbocycles. The topological polar surface area (TPSA) is 55.4 Å². The Bertz CT molecular complexity index is 666. The highest BCUT2D eigenvalue weighted by Gasteiger charge is 2.22. The smallest absolute Gasteiger partial charge is 0.220 e. The molecule has 4 nitrogen and oxygen atoms in total. The average Bonchev–Trinajstić information content (AvgIpc) is 3.07. The van der Waals surface area contributed by atoms with Crippen LogP contribution in [0.2, 0.25) is 0 Å². The van der Waals surface area contributed by atoms with Crippen molar-refractivity contribution >= 4 is 23.0 Å². The quantitative estimate of drug-likeness (QED) is 0.861. The lowest BCUT2D eigenvalue weighted by Gasteiger charge is -2.26. The highest BCUT2D eigenvalue weighted by molar-refractivity contribution is 7.12. The summed E-state index contributed by atoms with van der Waals surface area (Å²) in [6, 6.07) is 11.3. The lowest BCUT2D eigenvalue weighted by molar-refractivity contribution is -0.122. The van der Waals surface area contributed by atoms with Crippen LogP contribution in [0.15, 0.2) is 41.8 Å². The van der Waals surface area contributed by atoms with Crippen LogP contribution in [0.1, 0.15) is 40.5 Å². The third kappa shape index (κ3) is 3.36. The molecule has 5 heteroatoms. The van der Waals surface area contributed by atoms with Gasteiger partial charge in [0.2, 0.25) is 5.91 Å². The van der Waals surface area contributed by atoms with Crippen LogP contribution in [0.4, 0.5) is 0 Å². The molecule has 2 aromatic rings. The van der Waals surface area contributed by atoms with Crippen LogP contribution in [0.25, 0.3) is 0 Å². The van der Waals surface area contributed by atoms with Crippen molar-refractivity contribution in [2.75, 3.05) is 6.61 Å². The number of nitrogens with one attached hydrogen (secondary N) is 1. The summed E-state index contributed by atoms with van der Waals surface area (Å²) >= 11 is 1.41. The van der Waals surface area contributed by atoms with Gasteiger partial charge in [0.1, 0.15) is 5.75 Å². The van der Waals surface area contributed by atoms with Crippen molar-refractivity contribution in [1.29, 1.82) is 0 Å². The Labute approximate surface area is 133 Å². The Morgan fingerprint density at radius 3 is 2.86 bits per heavy atom. The number of hydrogen-bond donors (Lipinski definition) is 1. The minimum atomic E-state index is -0.0911. The van der Waals surface area contributed by atoms with E-state index in [1.165, 1.54) is 11.3 Å². The van der Waals surface area contributed by atoms with Crippen LogP contribution in [0.3, 0.4) is 0 Å². The van der Waals surface area contributed by atoms with E-state index in [4.69, 9.17) is 4.74 Å². The first-order valence-electron chi connectivity index (χ1n) is 7.32. The Morgan fingerprint density at radius 2 is 2.05 bits per heavy atom. The van der Waals surface area contributed by atoms with Gasteiger partial charge in [-0.25, -0.2) is 0 Å². The van der Waals surface area contributed by atoms with Gasteiger partial charge in [-0.1, -0.05) is 24.3 Å². The number of carbonyl (C=O) groups excluding carboxylic acids is 2. The second-order valence-electron chi connectivity index (χ2n) is 5.20. The first-order chi connectivity index (χ1) is 10.7. The predicted molar refractivity (Wildman–Crippen MR) is 85.3 cm³/mol. The lowest BCUT2D eigenvalue weighted by atomic mass is 10.0. The zero-order valence-electron chi connectivity index (χ0n) is 12.1. The maximum Gasteiger partial charge on any atom is 0.220 e. The van der Waals surface area contributed by atoms with Crippen molar-refractivity contribution in [3.8, 4) is 5.75 Å². The predicted octanol–water partition coefficient (Wildman–Crippen LogP) is 3.35. The lowest BCUT2D eigenvalue weighted by Crippen LogP contribution is -2.32. The number of para-hydroxylation sites is 1. The van der Waals surface area contributed by atoms with Crippen molar-refractivity contribution in [2.45, 2.75) is 25.3 Å². The van der Waals surface area contributed by atoms with E-state index in [0.717, 1.165) is 17.7 Å². The molecule has 1 atom stereocenters. The van der Waals surface area contributed by atoms with E-state index in [2.05, 4.69) is 5.32 Å². The summed E-state index contributed by atoms with van der Waals surface area (Å²) in [6.07, 6.45) is 1.22. The molecule has 1 aliphatic heterocycles. The fourth-order valence-electron chi connectivity index (χ4n) is 2.55. The minimum Gasteiger partial charge on any atom is -0.493 e. The van der Waals surface area contributed by atoms with E-state index < -0.39 is 0 Å². The molecule has 1 N–H and O–H groups in total. The van der Waals surface area contributed by atoms with Gasteiger partial charge >= 0.3 is 0 Å². The van der Waals surface area contributed by atoms with Crippen LogP contribution in [0.5, 0.6) is 5.75 Å². The third-order valence-corrected chi connectivity index (χ3v) is 4.58. The normalized spacial score (nSPS) is 16.5. The highest BCUT2D eigenvalue weighted by Crippen LogP contribution is 2.31. The zero-order chi connectivity index (χ0) is 15.4. The van der Waals surface area contributed by atoms with Gasteiger partial charge in [0, 0.05) is 24.8 Å².